The van der Waals surface area contributed by atoms with E-state index in [2.05, 4.69) is 155 Å². The minimum atomic E-state index is 0.987. The number of hydrogen-bond acceptors (Lipinski definition) is 2. The van der Waals surface area contributed by atoms with Gasteiger partial charge < -0.3 is 0 Å². The Morgan fingerprint density at radius 3 is 1.72 bits per heavy atom. The van der Waals surface area contributed by atoms with Crippen LogP contribution in [0.5, 0.6) is 0 Å². The van der Waals surface area contributed by atoms with Crippen molar-refractivity contribution < 1.29 is 0 Å². The highest BCUT2D eigenvalue weighted by Crippen LogP contribution is 2.42. The second-order valence-electron chi connectivity index (χ2n) is 12.7. The second kappa shape index (κ2) is 8.93. The molecule has 11 aromatic rings. The molecule has 0 bridgehead atoms. The van der Waals surface area contributed by atoms with Crippen molar-refractivity contribution >= 4 is 87.5 Å². The molecule has 0 saturated heterocycles. The molecule has 0 saturated carbocycles. The standard InChI is InChI=1S/C43H26N4/c1-25-18-20-32-39(22-25)46-37-16-8-7-15-36(37)45-43(46)34-24-33(28-11-2-4-12-30(28)41(32)34)26-19-21-29-27-10-3-5-13-31(27)42-44-35-14-6-9-17-38(35)47(42)40(29)23-26/h2-24H,1H3. The largest absolute Gasteiger partial charge is 0.292 e. The zero-order valence-electron chi connectivity index (χ0n) is 25.6. The average molecular weight is 599 g/mol. The van der Waals surface area contributed by atoms with Gasteiger partial charge in [-0.25, -0.2) is 9.97 Å². The van der Waals surface area contributed by atoms with Crippen LogP contribution in [-0.2, 0) is 0 Å². The quantitative estimate of drug-likeness (QED) is 0.176. The minimum Gasteiger partial charge on any atom is -0.292 e. The van der Waals surface area contributed by atoms with Gasteiger partial charge in [-0.2, -0.15) is 0 Å². The van der Waals surface area contributed by atoms with Crippen molar-refractivity contribution in [2.45, 2.75) is 6.92 Å². The van der Waals surface area contributed by atoms with Gasteiger partial charge in [0.15, 0.2) is 0 Å². The molecular formula is C43H26N4. The molecule has 0 unspecified atom stereocenters. The third-order valence-electron chi connectivity index (χ3n) is 10.1. The molecule has 7 aromatic carbocycles. The lowest BCUT2D eigenvalue weighted by molar-refractivity contribution is 1.31. The van der Waals surface area contributed by atoms with Crippen LogP contribution in [0.4, 0.5) is 0 Å². The molecular weight excluding hydrogens is 573 g/mol. The van der Waals surface area contributed by atoms with Crippen LogP contribution in [0.2, 0.25) is 0 Å². The SMILES string of the molecule is Cc1ccc2c3c4ccccc4c(-c4ccc5c6ccccc6c6nc7ccccc7n6c5c4)cc3c3nc4ccccc4n3c2c1. The Morgan fingerprint density at radius 1 is 0.404 bits per heavy atom. The summed E-state index contributed by atoms with van der Waals surface area (Å²) in [6, 6.07) is 50.5. The minimum absolute atomic E-state index is 0.987. The fourth-order valence-corrected chi connectivity index (χ4v) is 8.04. The van der Waals surface area contributed by atoms with E-state index in [0.717, 1.165) is 49.7 Å². The highest BCUT2D eigenvalue weighted by molar-refractivity contribution is 6.27. The van der Waals surface area contributed by atoms with Gasteiger partial charge in [0.1, 0.15) is 11.3 Å². The fraction of sp³-hybridized carbons (Fsp3) is 0.0233. The molecule has 47 heavy (non-hydrogen) atoms. The Hall–Kier alpha value is -6.26. The molecule has 4 heteroatoms. The lowest BCUT2D eigenvalue weighted by Crippen LogP contribution is -1.95. The van der Waals surface area contributed by atoms with E-state index < -0.39 is 0 Å². The lowest BCUT2D eigenvalue weighted by atomic mass is 9.91. The van der Waals surface area contributed by atoms with Crippen LogP contribution in [0.15, 0.2) is 140 Å². The molecule has 0 aliphatic carbocycles. The summed E-state index contributed by atoms with van der Waals surface area (Å²) >= 11 is 0. The van der Waals surface area contributed by atoms with Crippen molar-refractivity contribution in [2.24, 2.45) is 0 Å². The summed E-state index contributed by atoms with van der Waals surface area (Å²) < 4.78 is 4.70. The van der Waals surface area contributed by atoms with Gasteiger partial charge in [0, 0.05) is 26.9 Å². The molecule has 11 rings (SSSR count). The Balaban J connectivity index is 1.33. The van der Waals surface area contributed by atoms with Crippen molar-refractivity contribution in [2.75, 3.05) is 0 Å². The van der Waals surface area contributed by atoms with E-state index in [0.29, 0.717) is 0 Å². The maximum Gasteiger partial charge on any atom is 0.146 e. The summed E-state index contributed by atoms with van der Waals surface area (Å²) in [6.45, 7) is 2.17. The van der Waals surface area contributed by atoms with Gasteiger partial charge >= 0.3 is 0 Å². The van der Waals surface area contributed by atoms with E-state index in [9.17, 15) is 0 Å². The van der Waals surface area contributed by atoms with Crippen LogP contribution in [0.1, 0.15) is 5.56 Å². The summed E-state index contributed by atoms with van der Waals surface area (Å²) in [7, 11) is 0. The Bertz CT molecular complexity index is 3140. The number of imidazole rings is 2. The Kier molecular flexibility index (Phi) is 4.75. The molecule has 0 atom stereocenters. The van der Waals surface area contributed by atoms with E-state index in [1.54, 1.807) is 0 Å². The van der Waals surface area contributed by atoms with E-state index in [-0.39, 0.29) is 0 Å². The molecule has 0 amide bonds. The summed E-state index contributed by atoms with van der Waals surface area (Å²) in [5, 5.41) is 9.70. The van der Waals surface area contributed by atoms with Crippen molar-refractivity contribution in [1.29, 1.82) is 0 Å². The molecule has 0 aliphatic heterocycles. The first-order valence-corrected chi connectivity index (χ1v) is 16.1. The van der Waals surface area contributed by atoms with Gasteiger partial charge in [0.05, 0.1) is 33.1 Å². The van der Waals surface area contributed by atoms with Gasteiger partial charge in [-0.15, -0.1) is 0 Å². The number of benzene rings is 7. The average Bonchev–Trinajstić information content (AvgIpc) is 3.71. The van der Waals surface area contributed by atoms with Gasteiger partial charge in [0.25, 0.3) is 0 Å². The highest BCUT2D eigenvalue weighted by Gasteiger charge is 2.19. The number of aromatic nitrogens is 4. The Morgan fingerprint density at radius 2 is 0.979 bits per heavy atom. The topological polar surface area (TPSA) is 34.6 Å². The normalized spacial score (nSPS) is 12.4. The van der Waals surface area contributed by atoms with E-state index in [1.165, 1.54) is 54.5 Å². The number of hydrogen-bond donors (Lipinski definition) is 0. The number of rotatable bonds is 1. The first-order chi connectivity index (χ1) is 23.2. The third kappa shape index (κ3) is 3.26. The summed E-state index contributed by atoms with van der Waals surface area (Å²) in [4.78, 5) is 10.4. The predicted octanol–water partition coefficient (Wildman–Crippen LogP) is 11.0. The number of aryl methyl sites for hydroxylation is 1. The van der Waals surface area contributed by atoms with Crippen molar-refractivity contribution in [3.63, 3.8) is 0 Å². The smallest absolute Gasteiger partial charge is 0.146 e. The third-order valence-corrected chi connectivity index (χ3v) is 10.1. The van der Waals surface area contributed by atoms with E-state index in [4.69, 9.17) is 9.97 Å². The monoisotopic (exact) mass is 598 g/mol. The van der Waals surface area contributed by atoms with Crippen LogP contribution in [-0.4, -0.2) is 18.8 Å². The maximum absolute atomic E-state index is 5.27. The van der Waals surface area contributed by atoms with E-state index in [1.807, 2.05) is 0 Å². The molecule has 0 spiro atoms. The van der Waals surface area contributed by atoms with E-state index >= 15 is 0 Å². The van der Waals surface area contributed by atoms with Crippen LogP contribution < -0.4 is 0 Å². The molecule has 4 aromatic heterocycles. The van der Waals surface area contributed by atoms with Crippen molar-refractivity contribution in [1.82, 2.24) is 18.8 Å². The molecule has 0 fully saturated rings. The lowest BCUT2D eigenvalue weighted by Gasteiger charge is -2.16. The first kappa shape index (κ1) is 25.0. The van der Waals surface area contributed by atoms with Crippen molar-refractivity contribution in [3.05, 3.63) is 145 Å². The maximum atomic E-state index is 5.27. The number of fused-ring (bicyclic) bond motifs is 18. The predicted molar refractivity (Wildman–Crippen MR) is 197 cm³/mol. The fourth-order valence-electron chi connectivity index (χ4n) is 8.04. The molecule has 0 radical (unpaired) electrons. The summed E-state index contributed by atoms with van der Waals surface area (Å²) in [6.07, 6.45) is 0. The molecule has 0 N–H and O–H groups in total. The second-order valence-corrected chi connectivity index (χ2v) is 12.7. The molecule has 4 nitrogen and oxygen atoms in total. The Labute approximate surface area is 268 Å². The number of para-hydroxylation sites is 4. The van der Waals surface area contributed by atoms with Gasteiger partial charge in [-0.3, -0.25) is 8.80 Å². The van der Waals surface area contributed by atoms with Crippen LogP contribution in [0.25, 0.3) is 98.6 Å². The zero-order valence-corrected chi connectivity index (χ0v) is 25.6. The number of nitrogens with zero attached hydrogens (tertiary/aromatic N) is 4. The highest BCUT2D eigenvalue weighted by atomic mass is 15.0. The summed E-state index contributed by atoms with van der Waals surface area (Å²) in [5.74, 6) is 0. The van der Waals surface area contributed by atoms with Gasteiger partial charge in [-0.05, 0) is 82.2 Å². The molecule has 0 aliphatic rings. The van der Waals surface area contributed by atoms with Crippen LogP contribution in [0.3, 0.4) is 0 Å². The van der Waals surface area contributed by atoms with Crippen molar-refractivity contribution in [3.8, 4) is 11.1 Å². The van der Waals surface area contributed by atoms with Gasteiger partial charge in [0.2, 0.25) is 0 Å². The van der Waals surface area contributed by atoms with Gasteiger partial charge in [-0.1, -0.05) is 97.1 Å². The summed E-state index contributed by atoms with van der Waals surface area (Å²) in [5.41, 5.74) is 12.2. The zero-order chi connectivity index (χ0) is 30.8. The molecule has 218 valence electrons. The van der Waals surface area contributed by atoms with Crippen LogP contribution >= 0.6 is 0 Å². The molecule has 4 heterocycles. The number of pyridine rings is 2. The first-order valence-electron chi connectivity index (χ1n) is 16.1. The van der Waals surface area contributed by atoms with Crippen LogP contribution in [0, 0.1) is 6.92 Å².